The maximum Gasteiger partial charge on any atom is 0.115 e. The minimum atomic E-state index is 0.250. The molecule has 1 unspecified atom stereocenters. The average molecular weight is 270 g/mol. The van der Waals surface area contributed by atoms with Gasteiger partial charge in [0.2, 0.25) is 0 Å². The fraction of sp³-hybridized carbons (Fsp3) is 0.353. The number of aromatic nitrogens is 1. The summed E-state index contributed by atoms with van der Waals surface area (Å²) < 4.78 is 0. The van der Waals surface area contributed by atoms with Gasteiger partial charge in [0, 0.05) is 18.4 Å². The van der Waals surface area contributed by atoms with E-state index in [1.807, 2.05) is 24.5 Å². The van der Waals surface area contributed by atoms with E-state index in [4.69, 9.17) is 0 Å². The molecule has 2 N–H and O–H groups in total. The van der Waals surface area contributed by atoms with E-state index in [0.29, 0.717) is 5.75 Å². The molecule has 3 nitrogen and oxygen atoms in total. The molecule has 1 aromatic carbocycles. The van der Waals surface area contributed by atoms with Gasteiger partial charge in [-0.05, 0) is 61.2 Å². The topological polar surface area (TPSA) is 45.1 Å². The van der Waals surface area contributed by atoms with Gasteiger partial charge in [0.1, 0.15) is 5.75 Å². The van der Waals surface area contributed by atoms with Gasteiger partial charge < -0.3 is 10.4 Å². The van der Waals surface area contributed by atoms with E-state index in [-0.39, 0.29) is 6.04 Å². The van der Waals surface area contributed by atoms with Gasteiger partial charge in [-0.2, -0.15) is 0 Å². The van der Waals surface area contributed by atoms with Crippen molar-refractivity contribution >= 4 is 0 Å². The second kappa shape index (κ2) is 7.06. The van der Waals surface area contributed by atoms with Crippen molar-refractivity contribution in [3.8, 4) is 5.75 Å². The Balaban J connectivity index is 2.22. The Morgan fingerprint density at radius 1 is 1.30 bits per heavy atom. The summed E-state index contributed by atoms with van der Waals surface area (Å²) in [4.78, 5) is 4.16. The summed E-state index contributed by atoms with van der Waals surface area (Å²) in [5.74, 6) is 0.322. The number of phenols is 1. The summed E-state index contributed by atoms with van der Waals surface area (Å²) in [6.45, 7) is 5.23. The van der Waals surface area contributed by atoms with Crippen LogP contribution in [0.15, 0.2) is 42.7 Å². The van der Waals surface area contributed by atoms with Gasteiger partial charge in [0.25, 0.3) is 0 Å². The Bertz CT molecular complexity index is 554. The van der Waals surface area contributed by atoms with Crippen LogP contribution in [0.5, 0.6) is 5.75 Å². The fourth-order valence-electron chi connectivity index (χ4n) is 2.40. The lowest BCUT2D eigenvalue weighted by Gasteiger charge is -2.21. The Morgan fingerprint density at radius 3 is 2.85 bits per heavy atom. The standard InChI is InChI=1S/C17H22N2O/c1-3-8-19-17(16-7-9-18-12-13(16)2)11-14-5-4-6-15(20)10-14/h4-7,9-10,12,17,19-20H,3,8,11H2,1-2H3. The van der Waals surface area contributed by atoms with Crippen molar-refractivity contribution in [2.24, 2.45) is 0 Å². The maximum absolute atomic E-state index is 9.60. The zero-order chi connectivity index (χ0) is 14.4. The van der Waals surface area contributed by atoms with E-state index in [0.717, 1.165) is 24.9 Å². The molecule has 20 heavy (non-hydrogen) atoms. The molecule has 1 heterocycles. The number of nitrogens with zero attached hydrogens (tertiary/aromatic N) is 1. The molecule has 0 aliphatic carbocycles. The molecule has 1 aromatic heterocycles. The van der Waals surface area contributed by atoms with Crippen LogP contribution in [0.3, 0.4) is 0 Å². The molecule has 1 atom stereocenters. The number of nitrogens with one attached hydrogen (secondary N) is 1. The number of aryl methyl sites for hydroxylation is 1. The number of phenolic OH excluding ortho intramolecular Hbond substituents is 1. The predicted octanol–water partition coefficient (Wildman–Crippen LogP) is 3.38. The lowest BCUT2D eigenvalue weighted by Crippen LogP contribution is -2.24. The highest BCUT2D eigenvalue weighted by atomic mass is 16.3. The first-order valence-electron chi connectivity index (χ1n) is 7.12. The first-order chi connectivity index (χ1) is 9.70. The van der Waals surface area contributed by atoms with Crippen LogP contribution in [0.1, 0.15) is 36.1 Å². The molecule has 0 saturated carbocycles. The lowest BCUT2D eigenvalue weighted by atomic mass is 9.96. The second-order valence-electron chi connectivity index (χ2n) is 5.11. The fourth-order valence-corrected chi connectivity index (χ4v) is 2.40. The molecule has 0 saturated heterocycles. The van der Waals surface area contributed by atoms with E-state index >= 15 is 0 Å². The molecule has 0 aliphatic rings. The zero-order valence-corrected chi connectivity index (χ0v) is 12.1. The van der Waals surface area contributed by atoms with Crippen LogP contribution < -0.4 is 5.32 Å². The van der Waals surface area contributed by atoms with E-state index in [2.05, 4.69) is 36.3 Å². The number of hydrogen-bond acceptors (Lipinski definition) is 3. The molecule has 2 rings (SSSR count). The smallest absolute Gasteiger partial charge is 0.115 e. The summed E-state index contributed by atoms with van der Waals surface area (Å²) >= 11 is 0. The third kappa shape index (κ3) is 3.81. The second-order valence-corrected chi connectivity index (χ2v) is 5.11. The highest BCUT2D eigenvalue weighted by Crippen LogP contribution is 2.22. The summed E-state index contributed by atoms with van der Waals surface area (Å²) in [5.41, 5.74) is 3.60. The predicted molar refractivity (Wildman–Crippen MR) is 81.8 cm³/mol. The lowest BCUT2D eigenvalue weighted by molar-refractivity contribution is 0.472. The zero-order valence-electron chi connectivity index (χ0n) is 12.1. The molecular formula is C17H22N2O. The number of aromatic hydroxyl groups is 1. The molecule has 0 fully saturated rings. The number of hydrogen-bond donors (Lipinski definition) is 2. The van der Waals surface area contributed by atoms with Crippen LogP contribution in [0, 0.1) is 6.92 Å². The van der Waals surface area contributed by atoms with E-state index < -0.39 is 0 Å². The third-order valence-electron chi connectivity index (χ3n) is 3.43. The van der Waals surface area contributed by atoms with Crippen molar-refractivity contribution in [1.29, 1.82) is 0 Å². The van der Waals surface area contributed by atoms with E-state index in [1.165, 1.54) is 11.1 Å². The number of pyridine rings is 1. The van der Waals surface area contributed by atoms with Crippen molar-refractivity contribution in [3.05, 3.63) is 59.4 Å². The van der Waals surface area contributed by atoms with Gasteiger partial charge in [-0.25, -0.2) is 0 Å². The summed E-state index contributed by atoms with van der Waals surface area (Å²) in [6.07, 6.45) is 5.70. The molecule has 2 aromatic rings. The normalized spacial score (nSPS) is 12.3. The Morgan fingerprint density at radius 2 is 2.15 bits per heavy atom. The monoisotopic (exact) mass is 270 g/mol. The van der Waals surface area contributed by atoms with Crippen molar-refractivity contribution in [3.63, 3.8) is 0 Å². The first-order valence-corrected chi connectivity index (χ1v) is 7.12. The molecule has 0 amide bonds. The Hall–Kier alpha value is -1.87. The van der Waals surface area contributed by atoms with Gasteiger partial charge in [0.05, 0.1) is 0 Å². The van der Waals surface area contributed by atoms with Crippen LogP contribution in [0.25, 0.3) is 0 Å². The maximum atomic E-state index is 9.60. The van der Waals surface area contributed by atoms with E-state index in [9.17, 15) is 5.11 Å². The molecule has 0 spiro atoms. The summed E-state index contributed by atoms with van der Waals surface area (Å²) in [7, 11) is 0. The quantitative estimate of drug-likeness (QED) is 0.846. The first kappa shape index (κ1) is 14.5. The Labute approximate surface area is 120 Å². The Kier molecular flexibility index (Phi) is 5.13. The SMILES string of the molecule is CCCNC(Cc1cccc(O)c1)c1ccncc1C. The van der Waals surface area contributed by atoms with Crippen LogP contribution >= 0.6 is 0 Å². The third-order valence-corrected chi connectivity index (χ3v) is 3.43. The van der Waals surface area contributed by atoms with E-state index in [1.54, 1.807) is 6.07 Å². The van der Waals surface area contributed by atoms with Crippen molar-refractivity contribution in [2.45, 2.75) is 32.7 Å². The minimum Gasteiger partial charge on any atom is -0.508 e. The molecule has 0 aliphatic heterocycles. The molecular weight excluding hydrogens is 248 g/mol. The number of rotatable bonds is 6. The molecule has 3 heteroatoms. The van der Waals surface area contributed by atoms with Crippen molar-refractivity contribution in [2.75, 3.05) is 6.54 Å². The highest BCUT2D eigenvalue weighted by Gasteiger charge is 2.14. The average Bonchev–Trinajstić information content (AvgIpc) is 2.44. The van der Waals surface area contributed by atoms with Crippen molar-refractivity contribution < 1.29 is 5.11 Å². The van der Waals surface area contributed by atoms with Gasteiger partial charge >= 0.3 is 0 Å². The van der Waals surface area contributed by atoms with Gasteiger partial charge in [0.15, 0.2) is 0 Å². The molecule has 106 valence electrons. The van der Waals surface area contributed by atoms with Gasteiger partial charge in [-0.15, -0.1) is 0 Å². The molecule has 0 bridgehead atoms. The summed E-state index contributed by atoms with van der Waals surface area (Å²) in [6, 6.07) is 9.80. The minimum absolute atomic E-state index is 0.250. The van der Waals surface area contributed by atoms with Gasteiger partial charge in [-0.3, -0.25) is 4.98 Å². The van der Waals surface area contributed by atoms with Crippen LogP contribution in [0.4, 0.5) is 0 Å². The van der Waals surface area contributed by atoms with Crippen LogP contribution in [-0.2, 0) is 6.42 Å². The largest absolute Gasteiger partial charge is 0.508 e. The van der Waals surface area contributed by atoms with Crippen molar-refractivity contribution in [1.82, 2.24) is 10.3 Å². The highest BCUT2D eigenvalue weighted by molar-refractivity contribution is 5.31. The number of benzene rings is 1. The van der Waals surface area contributed by atoms with Crippen LogP contribution in [0.2, 0.25) is 0 Å². The van der Waals surface area contributed by atoms with Gasteiger partial charge in [-0.1, -0.05) is 19.1 Å². The summed E-state index contributed by atoms with van der Waals surface area (Å²) in [5, 5.41) is 13.2. The van der Waals surface area contributed by atoms with Crippen LogP contribution in [-0.4, -0.2) is 16.6 Å². The molecule has 0 radical (unpaired) electrons.